The smallest absolute Gasteiger partial charge is 0.326 e. The first-order valence-electron chi connectivity index (χ1n) is 11.3. The van der Waals surface area contributed by atoms with E-state index in [1.165, 1.54) is 0 Å². The zero-order valence-electron chi connectivity index (χ0n) is 19.7. The number of anilines is 2. The molecular formula is C26H25N7O2. The van der Waals surface area contributed by atoms with Crippen LogP contribution in [0.5, 0.6) is 5.88 Å². The molecule has 0 saturated carbocycles. The molecule has 2 N–H and O–H groups in total. The van der Waals surface area contributed by atoms with Gasteiger partial charge in [-0.15, -0.1) is 5.10 Å². The number of nitrogens with one attached hydrogen (secondary N) is 2. The highest BCUT2D eigenvalue weighted by Crippen LogP contribution is 2.31. The van der Waals surface area contributed by atoms with E-state index in [0.717, 1.165) is 22.5 Å². The van der Waals surface area contributed by atoms with E-state index in [9.17, 15) is 4.79 Å². The van der Waals surface area contributed by atoms with Crippen LogP contribution in [0, 0.1) is 13.8 Å². The van der Waals surface area contributed by atoms with E-state index >= 15 is 0 Å². The predicted octanol–water partition coefficient (Wildman–Crippen LogP) is 5.24. The Hall–Kier alpha value is -4.66. The Labute approximate surface area is 202 Å². The number of nitrogens with zero attached hydrogens (tertiary/aromatic N) is 5. The lowest BCUT2D eigenvalue weighted by Crippen LogP contribution is -2.23. The number of aryl methyl sites for hydroxylation is 1. The lowest BCUT2D eigenvalue weighted by atomic mass is 10.1. The molecule has 5 rings (SSSR count). The highest BCUT2D eigenvalue weighted by atomic mass is 16.5. The molecule has 3 aromatic heterocycles. The first-order chi connectivity index (χ1) is 17.1. The molecule has 0 bridgehead atoms. The molecule has 3 heterocycles. The highest BCUT2D eigenvalue weighted by molar-refractivity contribution is 6.02. The van der Waals surface area contributed by atoms with Crippen molar-refractivity contribution in [3.05, 3.63) is 84.3 Å². The van der Waals surface area contributed by atoms with Crippen molar-refractivity contribution >= 4 is 23.3 Å². The van der Waals surface area contributed by atoms with E-state index in [1.807, 2.05) is 85.8 Å². The number of aromatic nitrogens is 5. The Bertz CT molecular complexity index is 1490. The second-order valence-corrected chi connectivity index (χ2v) is 7.92. The molecule has 0 spiro atoms. The second kappa shape index (κ2) is 9.30. The van der Waals surface area contributed by atoms with E-state index in [2.05, 4.69) is 20.7 Å². The average molecular weight is 468 g/mol. The van der Waals surface area contributed by atoms with Crippen LogP contribution in [0.3, 0.4) is 0 Å². The Morgan fingerprint density at radius 2 is 1.66 bits per heavy atom. The normalized spacial score (nSPS) is 10.9. The van der Waals surface area contributed by atoms with Crippen LogP contribution in [-0.4, -0.2) is 36.8 Å². The number of carbonyl (C=O) groups excluding carboxylic acids is 1. The van der Waals surface area contributed by atoms with Crippen LogP contribution in [0.1, 0.15) is 18.2 Å². The molecule has 0 fully saturated rings. The molecule has 0 radical (unpaired) electrons. The van der Waals surface area contributed by atoms with Crippen LogP contribution in [0.2, 0.25) is 0 Å². The van der Waals surface area contributed by atoms with Gasteiger partial charge < -0.3 is 4.74 Å². The molecule has 2 aromatic carbocycles. The summed E-state index contributed by atoms with van der Waals surface area (Å²) in [7, 11) is 0. The van der Waals surface area contributed by atoms with Gasteiger partial charge in [0.25, 0.3) is 0 Å². The van der Waals surface area contributed by atoms with Gasteiger partial charge in [-0.1, -0.05) is 48.5 Å². The molecule has 0 atom stereocenters. The maximum Gasteiger partial charge on any atom is 0.326 e. The summed E-state index contributed by atoms with van der Waals surface area (Å²) in [6.45, 7) is 6.12. The van der Waals surface area contributed by atoms with Gasteiger partial charge in [0.05, 0.1) is 23.6 Å². The van der Waals surface area contributed by atoms with E-state index in [-0.39, 0.29) is 0 Å². The Morgan fingerprint density at radius 1 is 0.971 bits per heavy atom. The highest BCUT2D eigenvalue weighted by Gasteiger charge is 2.22. The standard InChI is InChI=1S/C26H25N7O2/c1-4-35-25-17(2)22(33(31-25)20-13-9-6-10-14-20)29-26(34)30-24-21(19-11-7-5-8-12-19)28-23-18(3)27-15-16-32(23)24/h5-16H,4H2,1-3H3,(H2,29,30,34). The van der Waals surface area contributed by atoms with Gasteiger partial charge in [0.1, 0.15) is 17.3 Å². The van der Waals surface area contributed by atoms with Crippen LogP contribution >= 0.6 is 0 Å². The van der Waals surface area contributed by atoms with Gasteiger partial charge in [-0.25, -0.2) is 14.5 Å². The molecule has 9 heteroatoms. The fourth-order valence-corrected chi connectivity index (χ4v) is 3.92. The number of imidazole rings is 1. The number of fused-ring (bicyclic) bond motifs is 1. The maximum atomic E-state index is 13.3. The van der Waals surface area contributed by atoms with Crippen LogP contribution in [0.4, 0.5) is 16.4 Å². The Morgan fingerprint density at radius 3 is 2.37 bits per heavy atom. The number of benzene rings is 2. The van der Waals surface area contributed by atoms with Gasteiger partial charge in [-0.05, 0) is 32.9 Å². The third kappa shape index (κ3) is 4.19. The van der Waals surface area contributed by atoms with E-state index in [4.69, 9.17) is 9.72 Å². The SMILES string of the molecule is CCOc1nn(-c2ccccc2)c(NC(=O)Nc2c(-c3ccccc3)nc3c(C)nccn23)c1C. The van der Waals surface area contributed by atoms with Gasteiger partial charge >= 0.3 is 6.03 Å². The minimum Gasteiger partial charge on any atom is -0.477 e. The van der Waals surface area contributed by atoms with Crippen molar-refractivity contribution in [3.63, 3.8) is 0 Å². The molecule has 2 amide bonds. The van der Waals surface area contributed by atoms with Gasteiger partial charge in [-0.2, -0.15) is 0 Å². The minimum atomic E-state index is -0.429. The van der Waals surface area contributed by atoms with Crippen LogP contribution in [0.15, 0.2) is 73.1 Å². The summed E-state index contributed by atoms with van der Waals surface area (Å²) in [5, 5.41) is 10.5. The zero-order chi connectivity index (χ0) is 24.4. The molecule has 35 heavy (non-hydrogen) atoms. The first kappa shape index (κ1) is 22.1. The lowest BCUT2D eigenvalue weighted by Gasteiger charge is -2.12. The molecule has 176 valence electrons. The third-order valence-electron chi connectivity index (χ3n) is 5.59. The monoisotopic (exact) mass is 467 g/mol. The van der Waals surface area contributed by atoms with E-state index in [0.29, 0.717) is 35.5 Å². The summed E-state index contributed by atoms with van der Waals surface area (Å²) in [6, 6.07) is 18.9. The predicted molar refractivity (Wildman–Crippen MR) is 135 cm³/mol. The molecule has 0 unspecified atom stereocenters. The molecule has 5 aromatic rings. The van der Waals surface area contributed by atoms with Crippen molar-refractivity contribution < 1.29 is 9.53 Å². The molecule has 0 saturated heterocycles. The first-order valence-corrected chi connectivity index (χ1v) is 11.3. The van der Waals surface area contributed by atoms with Crippen LogP contribution in [0.25, 0.3) is 22.6 Å². The zero-order valence-corrected chi connectivity index (χ0v) is 19.7. The number of hydrogen-bond donors (Lipinski definition) is 2. The van der Waals surface area contributed by atoms with Crippen LogP contribution in [-0.2, 0) is 0 Å². The Balaban J connectivity index is 1.53. The molecule has 0 aliphatic rings. The molecule has 0 aliphatic carbocycles. The number of para-hydroxylation sites is 1. The van der Waals surface area contributed by atoms with Crippen molar-refractivity contribution in [2.24, 2.45) is 0 Å². The maximum absolute atomic E-state index is 13.3. The number of rotatable bonds is 6. The van der Waals surface area contributed by atoms with Crippen molar-refractivity contribution in [3.8, 4) is 22.8 Å². The van der Waals surface area contributed by atoms with Gasteiger partial charge in [0.2, 0.25) is 5.88 Å². The summed E-state index contributed by atoms with van der Waals surface area (Å²) >= 11 is 0. The van der Waals surface area contributed by atoms with Crippen molar-refractivity contribution in [1.82, 2.24) is 24.1 Å². The Kier molecular flexibility index (Phi) is 5.88. The summed E-state index contributed by atoms with van der Waals surface area (Å²) in [5.41, 5.74) is 4.50. The van der Waals surface area contributed by atoms with Gasteiger partial charge in [0.15, 0.2) is 5.65 Å². The number of hydrogen-bond acceptors (Lipinski definition) is 5. The summed E-state index contributed by atoms with van der Waals surface area (Å²) in [4.78, 5) is 22.5. The number of carbonyl (C=O) groups is 1. The largest absolute Gasteiger partial charge is 0.477 e. The fraction of sp³-hybridized carbons (Fsp3) is 0.154. The van der Waals surface area contributed by atoms with Gasteiger partial charge in [0, 0.05) is 18.0 Å². The number of urea groups is 1. The molecular weight excluding hydrogens is 442 g/mol. The van der Waals surface area contributed by atoms with Gasteiger partial charge in [-0.3, -0.25) is 20.0 Å². The molecule has 0 aliphatic heterocycles. The van der Waals surface area contributed by atoms with Crippen LogP contribution < -0.4 is 15.4 Å². The summed E-state index contributed by atoms with van der Waals surface area (Å²) in [5.74, 6) is 1.53. The average Bonchev–Trinajstić information content (AvgIpc) is 3.39. The topological polar surface area (TPSA) is 98.4 Å². The summed E-state index contributed by atoms with van der Waals surface area (Å²) in [6.07, 6.45) is 3.47. The second-order valence-electron chi connectivity index (χ2n) is 7.92. The number of amides is 2. The molecule has 9 nitrogen and oxygen atoms in total. The van der Waals surface area contributed by atoms with E-state index in [1.54, 1.807) is 17.1 Å². The van der Waals surface area contributed by atoms with Crippen molar-refractivity contribution in [1.29, 1.82) is 0 Å². The van der Waals surface area contributed by atoms with Crippen molar-refractivity contribution in [2.75, 3.05) is 17.2 Å². The minimum absolute atomic E-state index is 0.429. The fourth-order valence-electron chi connectivity index (χ4n) is 3.92. The number of ether oxygens (including phenoxy) is 1. The van der Waals surface area contributed by atoms with Crippen molar-refractivity contribution in [2.45, 2.75) is 20.8 Å². The lowest BCUT2D eigenvalue weighted by molar-refractivity contribution is 0.262. The quantitative estimate of drug-likeness (QED) is 0.356. The summed E-state index contributed by atoms with van der Waals surface area (Å²) < 4.78 is 9.19. The third-order valence-corrected chi connectivity index (χ3v) is 5.59. The van der Waals surface area contributed by atoms with E-state index < -0.39 is 6.03 Å².